The van der Waals surface area contributed by atoms with Crippen LogP contribution in [0.5, 0.6) is 5.75 Å². The molecule has 3 aromatic rings. The van der Waals surface area contributed by atoms with Crippen molar-refractivity contribution in [2.75, 3.05) is 20.3 Å². The van der Waals surface area contributed by atoms with Crippen LogP contribution in [-0.2, 0) is 14.8 Å². The van der Waals surface area contributed by atoms with Gasteiger partial charge in [-0.1, -0.05) is 18.2 Å². The lowest BCUT2D eigenvalue weighted by molar-refractivity contribution is 0.112. The van der Waals surface area contributed by atoms with Gasteiger partial charge in [-0.25, -0.2) is 16.8 Å². The van der Waals surface area contributed by atoms with E-state index in [9.17, 15) is 17.6 Å². The van der Waals surface area contributed by atoms with Crippen molar-refractivity contribution in [3.8, 4) is 17.0 Å². The lowest BCUT2D eigenvalue weighted by atomic mass is 10.1. The fourth-order valence-electron chi connectivity index (χ4n) is 2.82. The van der Waals surface area contributed by atoms with Crippen molar-refractivity contribution < 1.29 is 27.1 Å². The maximum Gasteiger partial charge on any atom is 0.268 e. The number of hydrogen-bond donors (Lipinski definition) is 0. The highest BCUT2D eigenvalue weighted by Gasteiger charge is 2.23. The van der Waals surface area contributed by atoms with Gasteiger partial charge in [-0.15, -0.1) is 0 Å². The molecular formula is C21H20FNO5S. The van der Waals surface area contributed by atoms with Crippen LogP contribution in [0, 0.1) is 5.82 Å². The zero-order chi connectivity index (χ0) is 20.9. The Morgan fingerprint density at radius 1 is 1.07 bits per heavy atom. The third-order valence-corrected chi connectivity index (χ3v) is 5.89. The smallest absolute Gasteiger partial charge is 0.268 e. The Kier molecular flexibility index (Phi) is 6.46. The zero-order valence-electron chi connectivity index (χ0n) is 15.7. The first-order valence-electron chi connectivity index (χ1n) is 8.87. The molecule has 8 heteroatoms. The zero-order valence-corrected chi connectivity index (χ0v) is 16.6. The summed E-state index contributed by atoms with van der Waals surface area (Å²) in [6.45, 7) is 0.901. The molecule has 0 radical (unpaired) electrons. The van der Waals surface area contributed by atoms with E-state index >= 15 is 0 Å². The number of carbonyl (C=O) groups excluding carboxylic acids is 1. The van der Waals surface area contributed by atoms with Gasteiger partial charge >= 0.3 is 0 Å². The largest absolute Gasteiger partial charge is 0.493 e. The van der Waals surface area contributed by atoms with Crippen molar-refractivity contribution in [3.63, 3.8) is 0 Å². The number of methoxy groups -OCH3 is 1. The van der Waals surface area contributed by atoms with Gasteiger partial charge in [0, 0.05) is 43.5 Å². The van der Waals surface area contributed by atoms with E-state index < -0.39 is 15.8 Å². The summed E-state index contributed by atoms with van der Waals surface area (Å²) >= 11 is 0. The van der Waals surface area contributed by atoms with E-state index in [1.165, 1.54) is 42.6 Å². The summed E-state index contributed by atoms with van der Waals surface area (Å²) in [6.07, 6.45) is 2.35. The number of aromatic nitrogens is 1. The number of halogens is 1. The van der Waals surface area contributed by atoms with Crippen LogP contribution in [-0.4, -0.2) is 39.0 Å². The highest BCUT2D eigenvalue weighted by molar-refractivity contribution is 7.90. The predicted octanol–water partition coefficient (Wildman–Crippen LogP) is 3.76. The average molecular weight is 417 g/mol. The molecule has 2 aromatic carbocycles. The lowest BCUT2D eigenvalue weighted by Gasteiger charge is -2.12. The lowest BCUT2D eigenvalue weighted by Crippen LogP contribution is -2.14. The minimum absolute atomic E-state index is 0.0348. The first-order valence-corrected chi connectivity index (χ1v) is 10.3. The average Bonchev–Trinajstić information content (AvgIpc) is 3.17. The number of benzene rings is 2. The molecule has 3 rings (SSSR count). The van der Waals surface area contributed by atoms with Crippen LogP contribution in [0.25, 0.3) is 11.3 Å². The highest BCUT2D eigenvalue weighted by Crippen LogP contribution is 2.29. The van der Waals surface area contributed by atoms with Crippen LogP contribution in [0.15, 0.2) is 65.7 Å². The van der Waals surface area contributed by atoms with Crippen LogP contribution in [0.1, 0.15) is 16.8 Å². The predicted molar refractivity (Wildman–Crippen MR) is 106 cm³/mol. The second-order valence-electron chi connectivity index (χ2n) is 6.23. The molecule has 1 aromatic heterocycles. The quantitative estimate of drug-likeness (QED) is 0.392. The Hall–Kier alpha value is -2.97. The minimum atomic E-state index is -4.10. The molecule has 0 spiro atoms. The van der Waals surface area contributed by atoms with Crippen LogP contribution in [0.3, 0.4) is 0 Å². The van der Waals surface area contributed by atoms with Gasteiger partial charge in [0.2, 0.25) is 0 Å². The number of aldehydes is 1. The number of rotatable bonds is 9. The standard InChI is InChI=1S/C21H20FNO5S/c1-27-10-5-11-28-17-6-4-7-18(13-17)29(25,26)23-14-16(15-24)12-21(23)19-8-2-3-9-20(19)22/h2-4,6-9,12-15H,5,10-11H2,1H3. The normalized spacial score (nSPS) is 11.4. The molecule has 29 heavy (non-hydrogen) atoms. The third kappa shape index (κ3) is 4.55. The Bertz CT molecular complexity index is 1110. The minimum Gasteiger partial charge on any atom is -0.493 e. The molecule has 0 atom stereocenters. The molecule has 0 aliphatic heterocycles. The molecule has 6 nitrogen and oxygen atoms in total. The fourth-order valence-corrected chi connectivity index (χ4v) is 4.24. The number of carbonyl (C=O) groups is 1. The topological polar surface area (TPSA) is 74.6 Å². The van der Waals surface area contributed by atoms with Crippen molar-refractivity contribution >= 4 is 16.3 Å². The SMILES string of the molecule is COCCCOc1cccc(S(=O)(=O)n2cc(C=O)cc2-c2ccccc2F)c1. The first-order chi connectivity index (χ1) is 14.0. The molecule has 0 amide bonds. The number of ether oxygens (including phenoxy) is 2. The van der Waals surface area contributed by atoms with Gasteiger partial charge in [-0.05, 0) is 30.3 Å². The van der Waals surface area contributed by atoms with Crippen LogP contribution in [0.4, 0.5) is 4.39 Å². The van der Waals surface area contributed by atoms with Gasteiger partial charge in [0.05, 0.1) is 17.2 Å². The molecule has 0 aliphatic rings. The number of nitrogens with zero attached hydrogens (tertiary/aromatic N) is 1. The van der Waals surface area contributed by atoms with Crippen molar-refractivity contribution in [1.82, 2.24) is 3.97 Å². The van der Waals surface area contributed by atoms with Gasteiger partial charge < -0.3 is 9.47 Å². The Balaban J connectivity index is 2.01. The van der Waals surface area contributed by atoms with Gasteiger partial charge in [0.25, 0.3) is 10.0 Å². The van der Waals surface area contributed by atoms with E-state index in [0.29, 0.717) is 31.7 Å². The Morgan fingerprint density at radius 3 is 2.59 bits per heavy atom. The molecule has 1 heterocycles. The van der Waals surface area contributed by atoms with Gasteiger partial charge in [-0.2, -0.15) is 0 Å². The van der Waals surface area contributed by atoms with E-state index in [1.807, 2.05) is 0 Å². The second kappa shape index (κ2) is 9.02. The van der Waals surface area contributed by atoms with Gasteiger partial charge in [-0.3, -0.25) is 4.79 Å². The monoisotopic (exact) mass is 417 g/mol. The molecule has 0 fully saturated rings. The summed E-state index contributed by atoms with van der Waals surface area (Å²) in [5, 5.41) is 0. The molecule has 0 aliphatic carbocycles. The molecule has 0 bridgehead atoms. The van der Waals surface area contributed by atoms with Crippen molar-refractivity contribution in [2.45, 2.75) is 11.3 Å². The first kappa shape index (κ1) is 20.8. The van der Waals surface area contributed by atoms with E-state index in [1.54, 1.807) is 25.3 Å². The van der Waals surface area contributed by atoms with Crippen molar-refractivity contribution in [1.29, 1.82) is 0 Å². The maximum atomic E-state index is 14.3. The van der Waals surface area contributed by atoms with Gasteiger partial charge in [0.1, 0.15) is 11.6 Å². The molecule has 0 saturated heterocycles. The van der Waals surface area contributed by atoms with Crippen LogP contribution < -0.4 is 4.74 Å². The van der Waals surface area contributed by atoms with Crippen molar-refractivity contribution in [3.05, 3.63) is 72.2 Å². The summed E-state index contributed by atoms with van der Waals surface area (Å²) < 4.78 is 52.2. The second-order valence-corrected chi connectivity index (χ2v) is 8.04. The third-order valence-electron chi connectivity index (χ3n) is 4.22. The molecule has 0 saturated carbocycles. The summed E-state index contributed by atoms with van der Waals surface area (Å²) in [5.41, 5.74) is 0.270. The molecule has 0 unspecified atom stereocenters. The summed E-state index contributed by atoms with van der Waals surface area (Å²) in [6, 6.07) is 13.2. The van der Waals surface area contributed by atoms with Gasteiger partial charge in [0.15, 0.2) is 6.29 Å². The van der Waals surface area contributed by atoms with Crippen molar-refractivity contribution in [2.24, 2.45) is 0 Å². The van der Waals surface area contributed by atoms with E-state index in [0.717, 1.165) is 3.97 Å². The maximum absolute atomic E-state index is 14.3. The molecule has 0 N–H and O–H groups in total. The summed E-state index contributed by atoms with van der Waals surface area (Å²) in [5.74, 6) is -0.202. The number of hydrogen-bond acceptors (Lipinski definition) is 5. The Morgan fingerprint density at radius 2 is 1.86 bits per heavy atom. The Labute approximate surface area is 168 Å². The van der Waals surface area contributed by atoms with E-state index in [4.69, 9.17) is 9.47 Å². The van der Waals surface area contributed by atoms with Crippen LogP contribution in [0.2, 0.25) is 0 Å². The van der Waals surface area contributed by atoms with Crippen LogP contribution >= 0.6 is 0 Å². The van der Waals surface area contributed by atoms with E-state index in [2.05, 4.69) is 0 Å². The summed E-state index contributed by atoms with van der Waals surface area (Å²) in [7, 11) is -2.51. The van der Waals surface area contributed by atoms with E-state index in [-0.39, 0.29) is 21.7 Å². The highest BCUT2D eigenvalue weighted by atomic mass is 32.2. The summed E-state index contributed by atoms with van der Waals surface area (Å²) in [4.78, 5) is 11.2. The molecular weight excluding hydrogens is 397 g/mol. The molecule has 152 valence electrons. The fraction of sp³-hybridized carbons (Fsp3) is 0.190.